The van der Waals surface area contributed by atoms with Gasteiger partial charge in [0.25, 0.3) is 0 Å². The van der Waals surface area contributed by atoms with Gasteiger partial charge in [0.2, 0.25) is 0 Å². The lowest BCUT2D eigenvalue weighted by Gasteiger charge is -2.34. The normalized spacial score (nSPS) is 27.8. The third-order valence-electron chi connectivity index (χ3n) is 9.57. The van der Waals surface area contributed by atoms with Crippen LogP contribution in [0, 0.1) is 12.7 Å². The predicted octanol–water partition coefficient (Wildman–Crippen LogP) is 4.56. The zero-order chi connectivity index (χ0) is 27.9. The summed E-state index contributed by atoms with van der Waals surface area (Å²) in [6.45, 7) is 4.93. The van der Waals surface area contributed by atoms with E-state index in [0.717, 1.165) is 50.7 Å². The summed E-state index contributed by atoms with van der Waals surface area (Å²) in [6.07, 6.45) is 6.96. The van der Waals surface area contributed by atoms with Crippen LogP contribution in [0.25, 0.3) is 33.1 Å². The number of hydrogen-bond acceptors (Lipinski definition) is 8. The van der Waals surface area contributed by atoms with E-state index in [2.05, 4.69) is 35.3 Å². The fourth-order valence-electron chi connectivity index (χ4n) is 7.59. The summed E-state index contributed by atoms with van der Waals surface area (Å²) in [7, 11) is 0. The largest absolute Gasteiger partial charge is 0.461 e. The highest BCUT2D eigenvalue weighted by molar-refractivity contribution is 6.32. The minimum absolute atomic E-state index is 0.106. The highest BCUT2D eigenvalue weighted by Gasteiger charge is 2.49. The lowest BCUT2D eigenvalue weighted by atomic mass is 9.95. The topological polar surface area (TPSA) is 95.1 Å². The fraction of sp³-hybridized carbons (Fsp3) is 0.517. The van der Waals surface area contributed by atoms with Gasteiger partial charge in [-0.15, -0.1) is 0 Å². The second-order valence-corrected chi connectivity index (χ2v) is 12.5. The number of anilines is 1. The SMILES string of the molecule is Cc1c(Cl)cc2[nH]ncc2c1-c1ncc2c(N3C[C@H]4CC[C@@H](C3)N4)nc(OC[C@@]34CCCN3C[C@H](F)C4)nc2c1F. The Hall–Kier alpha value is -3.15. The zero-order valence-electron chi connectivity index (χ0n) is 22.8. The zero-order valence-corrected chi connectivity index (χ0v) is 23.5. The van der Waals surface area contributed by atoms with E-state index in [0.29, 0.717) is 57.9 Å². The molecule has 0 radical (unpaired) electrons. The molecule has 4 fully saturated rings. The Labute approximate surface area is 240 Å². The number of H-pyrrole nitrogens is 1. The molecule has 0 aliphatic carbocycles. The molecule has 2 N–H and O–H groups in total. The van der Waals surface area contributed by atoms with Gasteiger partial charge in [-0.1, -0.05) is 11.6 Å². The lowest BCUT2D eigenvalue weighted by molar-refractivity contribution is 0.107. The number of nitrogens with one attached hydrogen (secondary N) is 2. The number of halogens is 3. The van der Waals surface area contributed by atoms with Gasteiger partial charge >= 0.3 is 6.01 Å². The summed E-state index contributed by atoms with van der Waals surface area (Å²) in [5, 5.41) is 12.5. The van der Waals surface area contributed by atoms with Gasteiger partial charge in [0.05, 0.1) is 22.6 Å². The van der Waals surface area contributed by atoms with Crippen molar-refractivity contribution in [1.82, 2.24) is 35.4 Å². The Kier molecular flexibility index (Phi) is 5.88. The smallest absolute Gasteiger partial charge is 0.319 e. The average molecular weight is 581 g/mol. The van der Waals surface area contributed by atoms with Crippen molar-refractivity contribution in [3.8, 4) is 17.3 Å². The average Bonchev–Trinajstić information content (AvgIpc) is 3.72. The van der Waals surface area contributed by atoms with Gasteiger partial charge < -0.3 is 15.0 Å². The molecule has 0 unspecified atom stereocenters. The number of hydrogen-bond donors (Lipinski definition) is 2. The first kappa shape index (κ1) is 25.6. The van der Waals surface area contributed by atoms with Crippen LogP contribution >= 0.6 is 11.6 Å². The molecular formula is C29H31ClF2N8O. The number of rotatable bonds is 5. The maximum atomic E-state index is 16.6. The first-order chi connectivity index (χ1) is 19.9. The molecule has 4 atom stereocenters. The van der Waals surface area contributed by atoms with E-state index in [1.54, 1.807) is 18.5 Å². The van der Waals surface area contributed by atoms with Gasteiger partial charge in [-0.05, 0) is 50.8 Å². The van der Waals surface area contributed by atoms with Crippen molar-refractivity contribution < 1.29 is 13.5 Å². The molecule has 7 heterocycles. The number of pyridine rings is 1. The Morgan fingerprint density at radius 2 is 1.98 bits per heavy atom. The van der Waals surface area contributed by atoms with Gasteiger partial charge in [0.15, 0.2) is 5.82 Å². The number of alkyl halides is 1. The van der Waals surface area contributed by atoms with Crippen LogP contribution in [0.4, 0.5) is 14.6 Å². The number of aromatic amines is 1. The van der Waals surface area contributed by atoms with Crippen LogP contribution in [0.1, 0.15) is 37.7 Å². The van der Waals surface area contributed by atoms with E-state index in [-0.39, 0.29) is 29.4 Å². The molecule has 2 bridgehead atoms. The molecule has 4 aliphatic heterocycles. The third kappa shape index (κ3) is 4.07. The minimum Gasteiger partial charge on any atom is -0.461 e. The third-order valence-corrected chi connectivity index (χ3v) is 9.96. The minimum atomic E-state index is -0.866. The van der Waals surface area contributed by atoms with E-state index in [1.165, 1.54) is 0 Å². The van der Waals surface area contributed by atoms with E-state index in [1.807, 2.05) is 6.92 Å². The second-order valence-electron chi connectivity index (χ2n) is 12.1. The molecule has 1 aromatic carbocycles. The molecule has 9 nitrogen and oxygen atoms in total. The van der Waals surface area contributed by atoms with E-state index < -0.39 is 12.0 Å². The van der Waals surface area contributed by atoms with Gasteiger partial charge in [-0.25, -0.2) is 8.78 Å². The van der Waals surface area contributed by atoms with Crippen LogP contribution in [0.3, 0.4) is 0 Å². The van der Waals surface area contributed by atoms with Gasteiger partial charge in [-0.3, -0.25) is 15.0 Å². The molecule has 12 heteroatoms. The Bertz CT molecular complexity index is 1670. The first-order valence-electron chi connectivity index (χ1n) is 14.4. The van der Waals surface area contributed by atoms with Crippen molar-refractivity contribution in [2.45, 2.75) is 62.8 Å². The van der Waals surface area contributed by atoms with E-state index in [9.17, 15) is 4.39 Å². The molecule has 0 saturated carbocycles. The maximum absolute atomic E-state index is 16.6. The highest BCUT2D eigenvalue weighted by Crippen LogP contribution is 2.42. The lowest BCUT2D eigenvalue weighted by Crippen LogP contribution is -2.51. The Morgan fingerprint density at radius 1 is 1.15 bits per heavy atom. The molecule has 4 aromatic rings. The highest BCUT2D eigenvalue weighted by atomic mass is 35.5. The first-order valence-corrected chi connectivity index (χ1v) is 14.8. The predicted molar refractivity (Wildman–Crippen MR) is 153 cm³/mol. The van der Waals surface area contributed by atoms with Crippen LogP contribution in [0.2, 0.25) is 5.02 Å². The number of benzene rings is 1. The number of ether oxygens (including phenoxy) is 1. The summed E-state index contributed by atoms with van der Waals surface area (Å²) in [4.78, 5) is 18.5. The van der Waals surface area contributed by atoms with Crippen molar-refractivity contribution in [2.75, 3.05) is 37.7 Å². The standard InChI is InChI=1S/C29H31ClF2N8O/c1-15-21(30)7-22-19(10-34-38-22)23(15)26-24(32)25-20(9-33-26)27(39-12-17-3-4-18(13-39)35-17)37-28(36-25)41-14-29-5-2-6-40(29)11-16(31)8-29/h7,9-10,16-18,35H,2-6,8,11-14H2,1H3,(H,34,38)/t16-,17-,18+,29+/m1/s1. The monoisotopic (exact) mass is 580 g/mol. The molecule has 41 heavy (non-hydrogen) atoms. The summed E-state index contributed by atoms with van der Waals surface area (Å²) in [5.74, 6) is 0.0560. The summed E-state index contributed by atoms with van der Waals surface area (Å²) >= 11 is 6.53. The second kappa shape index (κ2) is 9.43. The molecule has 0 amide bonds. The Morgan fingerprint density at radius 3 is 2.80 bits per heavy atom. The summed E-state index contributed by atoms with van der Waals surface area (Å²) in [5.41, 5.74) is 1.91. The van der Waals surface area contributed by atoms with Gasteiger partial charge in [0, 0.05) is 60.3 Å². The van der Waals surface area contributed by atoms with E-state index >= 15 is 4.39 Å². The number of aromatic nitrogens is 5. The van der Waals surface area contributed by atoms with Crippen LogP contribution < -0.4 is 15.0 Å². The number of piperazine rings is 1. The summed E-state index contributed by atoms with van der Waals surface area (Å²) in [6, 6.07) is 2.60. The molecule has 0 spiro atoms. The Balaban J connectivity index is 1.25. The summed E-state index contributed by atoms with van der Waals surface area (Å²) < 4.78 is 37.3. The van der Waals surface area contributed by atoms with E-state index in [4.69, 9.17) is 21.3 Å². The van der Waals surface area contributed by atoms with Crippen LogP contribution in [0.15, 0.2) is 18.5 Å². The van der Waals surface area contributed by atoms with Crippen molar-refractivity contribution in [3.63, 3.8) is 0 Å². The van der Waals surface area contributed by atoms with Gasteiger partial charge in [0.1, 0.15) is 29.8 Å². The fourth-order valence-corrected chi connectivity index (χ4v) is 7.79. The van der Waals surface area contributed by atoms with Crippen LogP contribution in [0.5, 0.6) is 6.01 Å². The maximum Gasteiger partial charge on any atom is 0.319 e. The van der Waals surface area contributed by atoms with Crippen molar-refractivity contribution in [2.24, 2.45) is 0 Å². The van der Waals surface area contributed by atoms with Gasteiger partial charge in [-0.2, -0.15) is 15.1 Å². The molecular weight excluding hydrogens is 550 g/mol. The molecule has 8 rings (SSSR count). The van der Waals surface area contributed by atoms with Crippen molar-refractivity contribution in [1.29, 1.82) is 0 Å². The van der Waals surface area contributed by atoms with Crippen LogP contribution in [-0.2, 0) is 0 Å². The quantitative estimate of drug-likeness (QED) is 0.355. The number of fused-ring (bicyclic) bond motifs is 5. The van der Waals surface area contributed by atoms with Crippen LogP contribution in [-0.4, -0.2) is 86.6 Å². The molecule has 4 aliphatic rings. The molecule has 4 saturated heterocycles. The molecule has 3 aromatic heterocycles. The number of nitrogens with zero attached hydrogens (tertiary/aromatic N) is 6. The van der Waals surface area contributed by atoms with Crippen molar-refractivity contribution >= 4 is 39.2 Å². The molecule has 214 valence electrons. The van der Waals surface area contributed by atoms with Crippen molar-refractivity contribution in [3.05, 3.63) is 34.9 Å².